The van der Waals surface area contributed by atoms with Crippen LogP contribution in [0.1, 0.15) is 55.8 Å². The minimum Gasteiger partial charge on any atom is -0.477 e. The number of hydrogen-bond donors (Lipinski definition) is 2. The number of aromatic carboxylic acids is 1. The Morgan fingerprint density at radius 2 is 1.81 bits per heavy atom. The molecule has 0 aliphatic carbocycles. The first kappa shape index (κ1) is 27.5. The number of anilines is 1. The molecular weight excluding hydrogens is 484 g/mol. The molecule has 2 N–H and O–H groups in total. The zero-order valence-electron chi connectivity index (χ0n) is 21.6. The van der Waals surface area contributed by atoms with Crippen molar-refractivity contribution in [3.05, 3.63) is 39.7 Å². The van der Waals surface area contributed by atoms with Crippen molar-refractivity contribution < 1.29 is 28.2 Å². The van der Waals surface area contributed by atoms with Crippen LogP contribution in [0.3, 0.4) is 0 Å². The number of halogens is 2. The molecule has 2 aromatic rings. The molecule has 2 aliphatic rings. The van der Waals surface area contributed by atoms with Gasteiger partial charge in [-0.25, -0.2) is 13.6 Å². The quantitative estimate of drug-likeness (QED) is 0.457. The Bertz CT molecular complexity index is 1160. The summed E-state index contributed by atoms with van der Waals surface area (Å²) < 4.78 is 43.1. The van der Waals surface area contributed by atoms with E-state index in [1.807, 2.05) is 0 Å². The molecular formula is C27H37F2N3O5. The molecule has 1 aromatic carbocycles. The number of carboxylic acid groups (broad SMARTS) is 1. The van der Waals surface area contributed by atoms with Crippen LogP contribution >= 0.6 is 0 Å². The van der Waals surface area contributed by atoms with Gasteiger partial charge in [0.1, 0.15) is 17.1 Å². The number of carboxylic acids is 1. The van der Waals surface area contributed by atoms with Crippen LogP contribution in [0.5, 0.6) is 0 Å². The van der Waals surface area contributed by atoms with Crippen LogP contribution in [-0.4, -0.2) is 61.8 Å². The molecule has 1 atom stereocenters. The highest BCUT2D eigenvalue weighted by molar-refractivity contribution is 5.93. The number of pyridine rings is 1. The maximum atomic E-state index is 16.0. The van der Waals surface area contributed by atoms with Crippen molar-refractivity contribution in [1.29, 1.82) is 0 Å². The van der Waals surface area contributed by atoms with E-state index in [0.717, 1.165) is 50.5 Å². The maximum Gasteiger partial charge on any atom is 0.341 e. The minimum atomic E-state index is -1.46. The molecule has 204 valence electrons. The van der Waals surface area contributed by atoms with Crippen molar-refractivity contribution in [3.8, 4) is 0 Å². The van der Waals surface area contributed by atoms with Gasteiger partial charge in [-0.15, -0.1) is 0 Å². The Labute approximate surface area is 215 Å². The predicted octanol–water partition coefficient (Wildman–Crippen LogP) is 3.98. The van der Waals surface area contributed by atoms with Crippen LogP contribution < -0.4 is 15.6 Å². The fourth-order valence-electron chi connectivity index (χ4n) is 5.57. The van der Waals surface area contributed by atoms with Crippen LogP contribution in [-0.2, 0) is 16.0 Å². The number of methoxy groups -OCH3 is 1. The predicted molar refractivity (Wildman–Crippen MR) is 137 cm³/mol. The summed E-state index contributed by atoms with van der Waals surface area (Å²) in [5.41, 5.74) is -1.74. The van der Waals surface area contributed by atoms with Crippen molar-refractivity contribution in [1.82, 2.24) is 9.88 Å². The van der Waals surface area contributed by atoms with Crippen molar-refractivity contribution in [2.75, 3.05) is 44.8 Å². The highest BCUT2D eigenvalue weighted by Crippen LogP contribution is 2.34. The van der Waals surface area contributed by atoms with Crippen LogP contribution in [0.2, 0.25) is 0 Å². The first-order valence-electron chi connectivity index (χ1n) is 13.2. The number of rotatable bonds is 10. The summed E-state index contributed by atoms with van der Waals surface area (Å²) in [6.07, 6.45) is 7.07. The molecule has 1 unspecified atom stereocenters. The van der Waals surface area contributed by atoms with Gasteiger partial charge in [-0.05, 0) is 63.6 Å². The standard InChI is InChI=1S/C27H37F2N3O5/c1-17(36-2)37-14-13-32-16-21(27(34)35)26(33)20-15-22(28)25(23(29)24(20)32)31-11-7-19(8-12-31)4-3-18-5-9-30-10-6-18/h15-19,30H,3-14H2,1-2H3,(H,34,35). The van der Waals surface area contributed by atoms with E-state index in [0.29, 0.717) is 19.0 Å². The number of hydrogen-bond acceptors (Lipinski definition) is 6. The number of piperidine rings is 2. The van der Waals surface area contributed by atoms with Gasteiger partial charge in [0.05, 0.1) is 17.5 Å². The number of ether oxygens (including phenoxy) is 2. The Balaban J connectivity index is 1.57. The molecule has 2 aliphatic heterocycles. The van der Waals surface area contributed by atoms with E-state index in [4.69, 9.17) is 9.47 Å². The Hall–Kier alpha value is -2.56. The number of nitrogens with one attached hydrogen (secondary N) is 1. The lowest BCUT2D eigenvalue weighted by Crippen LogP contribution is -2.35. The maximum absolute atomic E-state index is 16.0. The largest absolute Gasteiger partial charge is 0.477 e. The van der Waals surface area contributed by atoms with E-state index < -0.39 is 34.9 Å². The molecule has 2 fully saturated rings. The van der Waals surface area contributed by atoms with Crippen LogP contribution in [0, 0.1) is 23.5 Å². The fraction of sp³-hybridized carbons (Fsp3) is 0.630. The van der Waals surface area contributed by atoms with Crippen molar-refractivity contribution in [2.45, 2.75) is 58.3 Å². The molecule has 10 heteroatoms. The first-order chi connectivity index (χ1) is 17.8. The third-order valence-electron chi connectivity index (χ3n) is 7.85. The molecule has 2 saturated heterocycles. The molecule has 8 nitrogen and oxygen atoms in total. The van der Waals surface area contributed by atoms with Crippen LogP contribution in [0.4, 0.5) is 14.5 Å². The average Bonchev–Trinajstić information content (AvgIpc) is 2.89. The lowest BCUT2D eigenvalue weighted by molar-refractivity contribution is -0.112. The summed E-state index contributed by atoms with van der Waals surface area (Å²) in [5, 5.41) is 12.6. The van der Waals surface area contributed by atoms with Gasteiger partial charge in [0.15, 0.2) is 12.1 Å². The normalized spacial score (nSPS) is 18.4. The molecule has 0 spiro atoms. The zero-order valence-corrected chi connectivity index (χ0v) is 21.6. The molecule has 1 aromatic heterocycles. The van der Waals surface area contributed by atoms with Gasteiger partial charge in [-0.3, -0.25) is 4.79 Å². The summed E-state index contributed by atoms with van der Waals surface area (Å²) in [6.45, 7) is 5.06. The molecule has 4 rings (SSSR count). The number of fused-ring (bicyclic) bond motifs is 1. The molecule has 3 heterocycles. The first-order valence-corrected chi connectivity index (χ1v) is 13.2. The lowest BCUT2D eigenvalue weighted by atomic mass is 9.85. The van der Waals surface area contributed by atoms with Crippen molar-refractivity contribution >= 4 is 22.6 Å². The lowest BCUT2D eigenvalue weighted by Gasteiger charge is -2.35. The monoisotopic (exact) mass is 521 g/mol. The zero-order chi connectivity index (χ0) is 26.5. The topological polar surface area (TPSA) is 93.0 Å². The molecule has 0 bridgehead atoms. The van der Waals surface area contributed by atoms with Crippen molar-refractivity contribution in [2.24, 2.45) is 11.8 Å². The number of carbonyl (C=O) groups is 1. The molecule has 0 radical (unpaired) electrons. The highest BCUT2D eigenvalue weighted by atomic mass is 19.1. The average molecular weight is 522 g/mol. The second-order valence-corrected chi connectivity index (χ2v) is 10.2. The van der Waals surface area contributed by atoms with E-state index in [1.165, 1.54) is 30.9 Å². The smallest absolute Gasteiger partial charge is 0.341 e. The SMILES string of the molecule is COC(C)OCCn1cc(C(=O)O)c(=O)c2cc(F)c(N3CCC(CCC4CCNCC4)CC3)c(F)c21. The molecule has 0 amide bonds. The third-order valence-corrected chi connectivity index (χ3v) is 7.85. The van der Waals surface area contributed by atoms with Crippen LogP contribution in [0.15, 0.2) is 17.1 Å². The van der Waals surface area contributed by atoms with E-state index >= 15 is 8.78 Å². The Morgan fingerprint density at radius 1 is 1.16 bits per heavy atom. The summed E-state index contributed by atoms with van der Waals surface area (Å²) in [5.74, 6) is -1.86. The van der Waals surface area contributed by atoms with Gasteiger partial charge >= 0.3 is 5.97 Å². The van der Waals surface area contributed by atoms with Gasteiger partial charge in [0.2, 0.25) is 5.43 Å². The van der Waals surface area contributed by atoms with Gasteiger partial charge in [0, 0.05) is 32.9 Å². The number of nitrogens with zero attached hydrogens (tertiary/aromatic N) is 2. The molecule has 37 heavy (non-hydrogen) atoms. The Kier molecular flexibility index (Phi) is 9.15. The second kappa shape index (κ2) is 12.3. The van der Waals surface area contributed by atoms with E-state index in [9.17, 15) is 14.7 Å². The summed E-state index contributed by atoms with van der Waals surface area (Å²) in [4.78, 5) is 26.2. The van der Waals surface area contributed by atoms with E-state index in [2.05, 4.69) is 5.32 Å². The van der Waals surface area contributed by atoms with E-state index in [-0.39, 0.29) is 29.7 Å². The third kappa shape index (κ3) is 6.30. The van der Waals surface area contributed by atoms with Gasteiger partial charge < -0.3 is 29.4 Å². The minimum absolute atomic E-state index is 0.0610. The summed E-state index contributed by atoms with van der Waals surface area (Å²) in [6, 6.07) is 0.973. The molecule has 0 saturated carbocycles. The number of benzene rings is 1. The Morgan fingerprint density at radius 3 is 2.43 bits per heavy atom. The summed E-state index contributed by atoms with van der Waals surface area (Å²) in [7, 11) is 1.48. The summed E-state index contributed by atoms with van der Waals surface area (Å²) >= 11 is 0. The van der Waals surface area contributed by atoms with Gasteiger partial charge in [-0.1, -0.05) is 12.8 Å². The van der Waals surface area contributed by atoms with Crippen molar-refractivity contribution in [3.63, 3.8) is 0 Å². The van der Waals surface area contributed by atoms with E-state index in [1.54, 1.807) is 11.8 Å². The second-order valence-electron chi connectivity index (χ2n) is 10.2. The fourth-order valence-corrected chi connectivity index (χ4v) is 5.57. The van der Waals surface area contributed by atoms with Crippen LogP contribution in [0.25, 0.3) is 10.9 Å². The van der Waals surface area contributed by atoms with Gasteiger partial charge in [-0.2, -0.15) is 0 Å². The van der Waals surface area contributed by atoms with Gasteiger partial charge in [0.25, 0.3) is 0 Å². The number of aromatic nitrogens is 1. The highest BCUT2D eigenvalue weighted by Gasteiger charge is 2.28.